The zero-order valence-corrected chi connectivity index (χ0v) is 23.6. The fourth-order valence-corrected chi connectivity index (χ4v) is 5.67. The molecule has 0 unspecified atom stereocenters. The van der Waals surface area contributed by atoms with Crippen LogP contribution in [-0.2, 0) is 9.84 Å². The van der Waals surface area contributed by atoms with Gasteiger partial charge in [0.2, 0.25) is 0 Å². The van der Waals surface area contributed by atoms with E-state index in [-0.39, 0.29) is 16.6 Å². The van der Waals surface area contributed by atoms with Gasteiger partial charge in [-0.15, -0.1) is 0 Å². The SMILES string of the molecule is CC.CS(=O)(=O)c1cccc(-c2cnn3cc(-c4ccc(OC5(CN6CCC(O)CC6)CC5)cc4)cnc23)c1. The van der Waals surface area contributed by atoms with Crippen LogP contribution in [0, 0.1) is 0 Å². The first-order chi connectivity index (χ1) is 18.8. The molecule has 1 N–H and O–H groups in total. The lowest BCUT2D eigenvalue weighted by Gasteiger charge is -2.32. The number of likely N-dealkylation sites (tertiary alicyclic amines) is 1. The van der Waals surface area contributed by atoms with Crippen LogP contribution in [0.1, 0.15) is 39.5 Å². The van der Waals surface area contributed by atoms with Gasteiger partial charge in [-0.3, -0.25) is 4.90 Å². The predicted octanol–water partition coefficient (Wildman–Crippen LogP) is 4.86. The second-order valence-electron chi connectivity index (χ2n) is 10.3. The lowest BCUT2D eigenvalue weighted by atomic mass is 10.1. The Bertz CT molecular complexity index is 1540. The third kappa shape index (κ3) is 6.16. The lowest BCUT2D eigenvalue weighted by Crippen LogP contribution is -2.43. The van der Waals surface area contributed by atoms with E-state index >= 15 is 0 Å². The third-order valence-electron chi connectivity index (χ3n) is 7.33. The van der Waals surface area contributed by atoms with Crippen LogP contribution in [0.3, 0.4) is 0 Å². The molecule has 0 atom stereocenters. The number of hydrogen-bond donors (Lipinski definition) is 1. The van der Waals surface area contributed by atoms with Gasteiger partial charge in [-0.25, -0.2) is 17.9 Å². The van der Waals surface area contributed by atoms with Crippen LogP contribution in [0.5, 0.6) is 5.75 Å². The quantitative estimate of drug-likeness (QED) is 0.352. The van der Waals surface area contributed by atoms with E-state index in [9.17, 15) is 13.5 Å². The molecule has 0 bridgehead atoms. The van der Waals surface area contributed by atoms with Crippen molar-refractivity contribution >= 4 is 15.5 Å². The maximum Gasteiger partial charge on any atom is 0.175 e. The molecule has 1 saturated carbocycles. The monoisotopic (exact) mass is 548 g/mol. The van der Waals surface area contributed by atoms with Crippen molar-refractivity contribution in [3.05, 3.63) is 67.1 Å². The Morgan fingerprint density at radius 3 is 2.38 bits per heavy atom. The number of rotatable bonds is 7. The number of aromatic nitrogens is 3. The van der Waals surface area contributed by atoms with E-state index in [0.717, 1.165) is 73.3 Å². The summed E-state index contributed by atoms with van der Waals surface area (Å²) in [6.45, 7) is 6.77. The first-order valence-corrected chi connectivity index (χ1v) is 15.5. The number of aliphatic hydroxyl groups is 1. The average Bonchev–Trinajstić information content (AvgIpc) is 3.56. The van der Waals surface area contributed by atoms with E-state index in [2.05, 4.69) is 15.0 Å². The number of nitrogens with zero attached hydrogens (tertiary/aromatic N) is 4. The molecule has 2 fully saturated rings. The highest BCUT2D eigenvalue weighted by molar-refractivity contribution is 7.90. The number of benzene rings is 2. The van der Waals surface area contributed by atoms with E-state index < -0.39 is 9.84 Å². The summed E-state index contributed by atoms with van der Waals surface area (Å²) in [6.07, 6.45) is 10.3. The Labute approximate surface area is 230 Å². The topological polar surface area (TPSA) is 97.0 Å². The number of ether oxygens (including phenoxy) is 1. The molecule has 1 saturated heterocycles. The summed E-state index contributed by atoms with van der Waals surface area (Å²) in [4.78, 5) is 7.32. The van der Waals surface area contributed by atoms with Crippen LogP contribution in [0.25, 0.3) is 27.9 Å². The molecular weight excluding hydrogens is 512 g/mol. The zero-order valence-electron chi connectivity index (χ0n) is 22.7. The summed E-state index contributed by atoms with van der Waals surface area (Å²) in [7, 11) is -3.30. The highest BCUT2D eigenvalue weighted by Crippen LogP contribution is 2.41. The van der Waals surface area contributed by atoms with E-state index in [1.165, 1.54) is 6.26 Å². The lowest BCUT2D eigenvalue weighted by molar-refractivity contribution is 0.0505. The fraction of sp³-hybridized carbons (Fsp3) is 0.400. The first-order valence-electron chi connectivity index (χ1n) is 13.6. The summed E-state index contributed by atoms with van der Waals surface area (Å²) < 4.78 is 32.1. The highest BCUT2D eigenvalue weighted by Gasteiger charge is 2.47. The summed E-state index contributed by atoms with van der Waals surface area (Å²) in [6, 6.07) is 14.9. The van der Waals surface area contributed by atoms with Crippen LogP contribution in [0.15, 0.2) is 72.0 Å². The molecular formula is C30H36N4O4S. The Morgan fingerprint density at radius 1 is 1.00 bits per heavy atom. The van der Waals surface area contributed by atoms with Crippen molar-refractivity contribution in [2.45, 2.75) is 56.1 Å². The van der Waals surface area contributed by atoms with Crippen molar-refractivity contribution in [2.75, 3.05) is 25.9 Å². The minimum Gasteiger partial charge on any atom is -0.486 e. The van der Waals surface area contributed by atoms with Crippen LogP contribution in [0.4, 0.5) is 0 Å². The molecule has 3 heterocycles. The van der Waals surface area contributed by atoms with E-state index in [1.807, 2.05) is 56.6 Å². The number of sulfone groups is 1. The Balaban J connectivity index is 0.00000151. The molecule has 2 aliphatic rings. The first kappa shape index (κ1) is 27.3. The van der Waals surface area contributed by atoms with Gasteiger partial charge >= 0.3 is 0 Å². The van der Waals surface area contributed by atoms with Gasteiger partial charge in [-0.2, -0.15) is 5.10 Å². The van der Waals surface area contributed by atoms with Gasteiger partial charge in [0.1, 0.15) is 11.4 Å². The fourth-order valence-electron chi connectivity index (χ4n) is 5.00. The second kappa shape index (κ2) is 11.1. The molecule has 9 heteroatoms. The standard InChI is InChI=1S/C28H30N4O4S.C2H6/c1-37(34,35)25-4-2-3-21(15-25)26-17-30-32-18-22(16-29-27(26)32)20-5-7-24(8-6-20)36-28(11-12-28)19-31-13-9-23(33)10-14-31;1-2/h2-8,15-18,23,33H,9-14,19H2,1H3;1-2H3. The minimum atomic E-state index is -3.30. The smallest absolute Gasteiger partial charge is 0.175 e. The molecule has 206 valence electrons. The normalized spacial score (nSPS) is 17.4. The Hall–Kier alpha value is -3.27. The predicted molar refractivity (Wildman–Crippen MR) is 153 cm³/mol. The molecule has 1 aliphatic heterocycles. The van der Waals surface area contributed by atoms with Gasteiger partial charge in [0.15, 0.2) is 15.5 Å². The number of aliphatic hydroxyl groups excluding tert-OH is 1. The third-order valence-corrected chi connectivity index (χ3v) is 8.44. The maximum atomic E-state index is 12.0. The van der Waals surface area contributed by atoms with Crippen molar-refractivity contribution in [2.24, 2.45) is 0 Å². The van der Waals surface area contributed by atoms with Crippen LogP contribution >= 0.6 is 0 Å². The minimum absolute atomic E-state index is 0.107. The van der Waals surface area contributed by atoms with Crippen molar-refractivity contribution in [3.8, 4) is 28.0 Å². The van der Waals surface area contributed by atoms with Gasteiger partial charge < -0.3 is 9.84 Å². The summed E-state index contributed by atoms with van der Waals surface area (Å²) in [5.41, 5.74) is 4.02. The molecule has 0 radical (unpaired) electrons. The molecule has 1 aliphatic carbocycles. The Morgan fingerprint density at radius 2 is 1.72 bits per heavy atom. The number of hydrogen-bond acceptors (Lipinski definition) is 7. The van der Waals surface area contributed by atoms with Crippen LogP contribution in [-0.4, -0.2) is 70.6 Å². The van der Waals surface area contributed by atoms with E-state index in [4.69, 9.17) is 4.74 Å². The molecule has 6 rings (SSSR count). The molecule has 0 amide bonds. The van der Waals surface area contributed by atoms with Gasteiger partial charge in [0, 0.05) is 49.4 Å². The molecule has 8 nitrogen and oxygen atoms in total. The van der Waals surface area contributed by atoms with Gasteiger partial charge in [-0.05, 0) is 61.1 Å². The van der Waals surface area contributed by atoms with Crippen molar-refractivity contribution < 1.29 is 18.3 Å². The number of fused-ring (bicyclic) bond motifs is 1. The van der Waals surface area contributed by atoms with Crippen molar-refractivity contribution in [1.29, 1.82) is 0 Å². The molecule has 2 aromatic carbocycles. The highest BCUT2D eigenvalue weighted by atomic mass is 32.2. The second-order valence-corrected chi connectivity index (χ2v) is 12.3. The molecule has 4 aromatic rings. The summed E-state index contributed by atoms with van der Waals surface area (Å²) in [5, 5.41) is 14.2. The molecule has 39 heavy (non-hydrogen) atoms. The average molecular weight is 549 g/mol. The van der Waals surface area contributed by atoms with E-state index in [1.54, 1.807) is 28.9 Å². The van der Waals surface area contributed by atoms with Crippen LogP contribution < -0.4 is 4.74 Å². The summed E-state index contributed by atoms with van der Waals surface area (Å²) >= 11 is 0. The van der Waals surface area contributed by atoms with Gasteiger partial charge in [-0.1, -0.05) is 38.1 Å². The number of piperidine rings is 1. The van der Waals surface area contributed by atoms with Crippen molar-refractivity contribution in [3.63, 3.8) is 0 Å². The Kier molecular flexibility index (Phi) is 7.75. The maximum absolute atomic E-state index is 12.0. The van der Waals surface area contributed by atoms with Crippen molar-refractivity contribution in [1.82, 2.24) is 19.5 Å². The van der Waals surface area contributed by atoms with E-state index in [0.29, 0.717) is 5.65 Å². The molecule has 0 spiro atoms. The van der Waals surface area contributed by atoms with Crippen LogP contribution in [0.2, 0.25) is 0 Å². The zero-order chi connectivity index (χ0) is 27.6. The summed E-state index contributed by atoms with van der Waals surface area (Å²) in [5.74, 6) is 0.861. The van der Waals surface area contributed by atoms with Gasteiger partial charge in [0.25, 0.3) is 0 Å². The largest absolute Gasteiger partial charge is 0.486 e. The van der Waals surface area contributed by atoms with Gasteiger partial charge in [0.05, 0.1) is 17.2 Å². The molecule has 2 aromatic heterocycles.